The van der Waals surface area contributed by atoms with Gasteiger partial charge in [0.05, 0.1) is 34.2 Å². The number of aldehydes is 1. The first-order valence-electron chi connectivity index (χ1n) is 24.6. The maximum atomic E-state index is 11.4. The van der Waals surface area contributed by atoms with Crippen molar-refractivity contribution in [2.75, 3.05) is 14.2 Å². The molecule has 77 heavy (non-hydrogen) atoms. The van der Waals surface area contributed by atoms with Gasteiger partial charge in [-0.1, -0.05) is 153 Å². The molecule has 0 spiro atoms. The third-order valence-corrected chi connectivity index (χ3v) is 13.3. The second-order valence-electron chi connectivity index (χ2n) is 19.3. The Hall–Kier alpha value is -8.44. The summed E-state index contributed by atoms with van der Waals surface area (Å²) >= 11 is 0. The Morgan fingerprint density at radius 2 is 0.818 bits per heavy atom. The van der Waals surface area contributed by atoms with Gasteiger partial charge in [-0.3, -0.25) is 9.78 Å². The Kier molecular flexibility index (Phi) is 14.9. The summed E-state index contributed by atoms with van der Waals surface area (Å²) in [6.07, 6.45) is 13.8. The third-order valence-electron chi connectivity index (χ3n) is 13.3. The first-order chi connectivity index (χ1) is 36.6. The Morgan fingerprint density at radius 1 is 0.455 bits per heavy atom. The van der Waals surface area contributed by atoms with Gasteiger partial charge in [-0.25, -0.2) is 15.0 Å². The van der Waals surface area contributed by atoms with Crippen LogP contribution in [0.4, 0.5) is 0 Å². The zero-order valence-corrected chi connectivity index (χ0v) is 48.9. The number of fused-ring (bicyclic) bond motifs is 16. The van der Waals surface area contributed by atoms with E-state index < -0.39 is 0 Å². The van der Waals surface area contributed by atoms with Gasteiger partial charge in [0, 0.05) is 54.1 Å². The van der Waals surface area contributed by atoms with Crippen LogP contribution in [0.5, 0.6) is 0 Å². The maximum absolute atomic E-state index is 11.4. The van der Waals surface area contributed by atoms with Crippen LogP contribution in [-0.2, 0) is 55.5 Å². The molecule has 4 aliphatic heterocycles. The number of methoxy groups -OCH3 is 1. The van der Waals surface area contributed by atoms with Gasteiger partial charge >= 0.3 is 39.0 Å². The fourth-order valence-electron chi connectivity index (χ4n) is 9.70. The molecule has 0 fully saturated rings. The van der Waals surface area contributed by atoms with Crippen LogP contribution in [0.1, 0.15) is 80.9 Å². The van der Waals surface area contributed by atoms with E-state index in [1.165, 1.54) is 0 Å². The van der Waals surface area contributed by atoms with E-state index in [1.807, 2.05) is 121 Å². The molecule has 0 saturated carbocycles. The van der Waals surface area contributed by atoms with E-state index in [4.69, 9.17) is 39.9 Å². The van der Waals surface area contributed by atoms with Crippen molar-refractivity contribution in [2.24, 2.45) is 0 Å². The molecular weight excluding hydrogens is 1060 g/mol. The van der Waals surface area contributed by atoms with Crippen molar-refractivity contribution in [2.45, 2.75) is 25.7 Å². The van der Waals surface area contributed by atoms with Crippen LogP contribution in [0.3, 0.4) is 0 Å². The molecule has 12 heteroatoms. The minimum Gasteiger partial charge on any atom is -0.658 e. The standard InChI is InChI=1S/C63H41N8O.C2H6O.2Zn/c1-63(2)36-52-34-50-24-30-58(70-50)61(53-25-19-45(65-53)31-44-17-18-51(64-44)35-59(63)71-52)42-13-7-39(8-14-42)4-3-38-5-11-41(12-6-38)60-54-26-20-46(66-54)32-48-22-28-56(68-48)62(43-15-9-40(37-72)10-16-43)57-29-23-49(69-57)33-47-21-27-55(60)67-47;1-3-2;;/h5-35,37H,36H2,1-2H3,(H-3,64,65,66,67,68,69,70,71,72);1-2H3;;/q-3;;2*+2/p-1. The summed E-state index contributed by atoms with van der Waals surface area (Å²) in [7, 11) is 3.25. The van der Waals surface area contributed by atoms with Crippen molar-refractivity contribution in [3.05, 3.63) is 214 Å². The Morgan fingerprint density at radius 3 is 1.23 bits per heavy atom. The monoisotopic (exact) mass is 1100 g/mol. The number of nitrogens with zero attached hydrogens (tertiary/aromatic N) is 8. The molecule has 362 valence electrons. The van der Waals surface area contributed by atoms with Gasteiger partial charge in [0.1, 0.15) is 6.29 Å². The second-order valence-corrected chi connectivity index (χ2v) is 19.3. The van der Waals surface area contributed by atoms with Crippen molar-refractivity contribution in [1.29, 1.82) is 0 Å². The van der Waals surface area contributed by atoms with Gasteiger partial charge < -0.3 is 24.7 Å². The fourth-order valence-corrected chi connectivity index (χ4v) is 9.70. The van der Waals surface area contributed by atoms with E-state index in [2.05, 4.69) is 97.2 Å². The molecule has 0 atom stereocenters. The smallest absolute Gasteiger partial charge is 0.658 e. The van der Waals surface area contributed by atoms with Crippen molar-refractivity contribution in [1.82, 2.24) is 39.9 Å². The Labute approximate surface area is 471 Å². The average Bonchev–Trinajstić information content (AvgIpc) is 4.28. The van der Waals surface area contributed by atoms with E-state index in [0.29, 0.717) is 5.56 Å². The van der Waals surface area contributed by atoms with E-state index in [-0.39, 0.29) is 44.4 Å². The predicted octanol–water partition coefficient (Wildman–Crippen LogP) is 13.0. The number of carbonyl (C=O) groups is 1. The van der Waals surface area contributed by atoms with Crippen LogP contribution in [0.25, 0.3) is 114 Å². The molecule has 4 aliphatic rings. The summed E-state index contributed by atoms with van der Waals surface area (Å²) in [5.41, 5.74) is 21.3. The summed E-state index contributed by atoms with van der Waals surface area (Å²) in [6, 6.07) is 50.4. The van der Waals surface area contributed by atoms with Gasteiger partial charge in [0.2, 0.25) is 0 Å². The molecule has 16 bridgehead atoms. The van der Waals surface area contributed by atoms with E-state index in [9.17, 15) is 4.79 Å². The van der Waals surface area contributed by atoms with Gasteiger partial charge in [-0.05, 0) is 94.1 Å². The summed E-state index contributed by atoms with van der Waals surface area (Å²) in [5.74, 6) is 6.78. The zero-order valence-electron chi connectivity index (χ0n) is 43.0. The number of rotatable bonds is 4. The first-order valence-corrected chi connectivity index (χ1v) is 24.6. The Bertz CT molecular complexity index is 4260. The molecule has 13 rings (SSSR count). The van der Waals surface area contributed by atoms with Crippen LogP contribution in [0.2, 0.25) is 0 Å². The van der Waals surface area contributed by atoms with Crippen LogP contribution in [0, 0.1) is 11.8 Å². The van der Waals surface area contributed by atoms with Crippen molar-refractivity contribution in [3.8, 4) is 45.2 Å². The van der Waals surface area contributed by atoms with Crippen molar-refractivity contribution in [3.63, 3.8) is 0 Å². The molecule has 9 aromatic rings. The maximum Gasteiger partial charge on any atom is 2.00 e. The van der Waals surface area contributed by atoms with Crippen LogP contribution < -0.4 is 19.9 Å². The first kappa shape index (κ1) is 52.0. The number of aromatic nitrogens is 8. The number of hydrogen-bond donors (Lipinski definition) is 0. The van der Waals surface area contributed by atoms with Crippen LogP contribution in [0.15, 0.2) is 152 Å². The minimum atomic E-state index is -0.112. The van der Waals surface area contributed by atoms with E-state index in [0.717, 1.165) is 147 Å². The quantitative estimate of drug-likeness (QED) is 0.0952. The number of carbonyl (C=O) groups excluding carboxylic acids is 1. The molecule has 0 aliphatic carbocycles. The summed E-state index contributed by atoms with van der Waals surface area (Å²) in [5, 5.41) is 0. The summed E-state index contributed by atoms with van der Waals surface area (Å²) < 4.78 is 4.25. The van der Waals surface area contributed by atoms with Crippen LogP contribution in [-0.4, -0.2) is 40.4 Å². The summed E-state index contributed by atoms with van der Waals surface area (Å²) in [6.45, 7) is 4.45. The predicted molar refractivity (Wildman–Crippen MR) is 302 cm³/mol. The molecule has 0 N–H and O–H groups in total. The molecule has 0 saturated heterocycles. The largest absolute Gasteiger partial charge is 2.00 e. The van der Waals surface area contributed by atoms with Gasteiger partial charge in [0.15, 0.2) is 0 Å². The number of benzene rings is 3. The van der Waals surface area contributed by atoms with E-state index >= 15 is 0 Å². The fraction of sp³-hybridized carbons (Fsp3) is 0.0923. The molecule has 6 aromatic heterocycles. The third kappa shape index (κ3) is 11.0. The van der Waals surface area contributed by atoms with Gasteiger partial charge in [0.25, 0.3) is 0 Å². The van der Waals surface area contributed by atoms with Gasteiger partial charge in [-0.15, -0.1) is 44.1 Å². The molecular formula is C65H46N8O2Zn2. The number of ether oxygens (including phenoxy) is 1. The molecule has 0 amide bonds. The topological polar surface area (TPSA) is 134 Å². The summed E-state index contributed by atoms with van der Waals surface area (Å²) in [4.78, 5) is 51.7. The molecule has 0 unspecified atom stereocenters. The second kappa shape index (κ2) is 22.0. The molecule has 10 nitrogen and oxygen atoms in total. The van der Waals surface area contributed by atoms with Crippen molar-refractivity contribution < 1.29 is 48.5 Å². The SMILES string of the molecule is CC1(C)Cc2cc3ccc([n-]3)c(-c3ccc(C#Cc4ccc(-c5c6nc(cc7ccc([n-]7)c(-c7ccc(C=O)cc7)c7nc(cc8ccc5[n-]8)C=C7)C=C6)cc4)cc3)c3nc(cc4ccc(cc1n2)[n-]4)C=C3.COC.[Zn+2].[Zn+2]. The number of hydrogen-bond acceptors (Lipinski definition) is 6. The molecule has 0 radical (unpaired) electrons. The normalized spacial score (nSPS) is 12.6. The minimum absolute atomic E-state index is 0. The van der Waals surface area contributed by atoms with Gasteiger partial charge in [-0.2, -0.15) is 0 Å². The average molecular weight is 1100 g/mol. The Balaban J connectivity index is 0.00000132. The molecule has 10 heterocycles. The molecule has 3 aromatic carbocycles. The van der Waals surface area contributed by atoms with Crippen molar-refractivity contribution >= 4 is 86.9 Å². The zero-order chi connectivity index (χ0) is 51.0. The van der Waals surface area contributed by atoms with E-state index in [1.54, 1.807) is 14.2 Å². The van der Waals surface area contributed by atoms with Crippen LogP contribution >= 0.6 is 0 Å².